The lowest BCUT2D eigenvalue weighted by molar-refractivity contribution is -0.126. The third-order valence-corrected chi connectivity index (χ3v) is 4.29. The molecule has 26 heavy (non-hydrogen) atoms. The first-order valence-electron chi connectivity index (χ1n) is 7.33. The van der Waals surface area contributed by atoms with E-state index in [1.54, 1.807) is 36.4 Å². The summed E-state index contributed by atoms with van der Waals surface area (Å²) >= 11 is 7.89. The molecule has 0 heterocycles. The number of benzene rings is 2. The van der Waals surface area contributed by atoms with E-state index in [1.807, 2.05) is 22.6 Å². The van der Waals surface area contributed by atoms with Crippen LogP contribution in [0.3, 0.4) is 0 Å². The number of carbonyl (C=O) groups excluding carboxylic acids is 2. The molecular weight excluding hydrogens is 473 g/mol. The van der Waals surface area contributed by atoms with E-state index in [4.69, 9.17) is 16.3 Å². The lowest BCUT2D eigenvalue weighted by atomic mass is 10.2. The molecule has 0 fully saturated rings. The first kappa shape index (κ1) is 20.0. The van der Waals surface area contributed by atoms with Gasteiger partial charge in [-0.25, -0.2) is 5.43 Å². The van der Waals surface area contributed by atoms with Crippen molar-refractivity contribution >= 4 is 57.9 Å². The van der Waals surface area contributed by atoms with Gasteiger partial charge in [0.2, 0.25) is 11.8 Å². The van der Waals surface area contributed by atoms with Crippen molar-refractivity contribution in [2.45, 2.75) is 6.42 Å². The minimum Gasteiger partial charge on any atom is -0.504 e. The number of anilines is 1. The number of amides is 2. The number of hydrogen-bond acceptors (Lipinski definition) is 5. The molecule has 2 amide bonds. The molecule has 0 aliphatic rings. The minimum atomic E-state index is -0.578. The first-order valence-corrected chi connectivity index (χ1v) is 8.79. The predicted molar refractivity (Wildman–Crippen MR) is 108 cm³/mol. The number of nitrogens with zero attached hydrogens (tertiary/aromatic N) is 1. The van der Waals surface area contributed by atoms with Gasteiger partial charge in [-0.05, 0) is 52.4 Å². The van der Waals surface area contributed by atoms with Crippen LogP contribution in [0, 0.1) is 3.57 Å². The summed E-state index contributed by atoms with van der Waals surface area (Å²) in [7, 11) is 1.44. The molecule has 7 nitrogen and oxygen atoms in total. The maximum atomic E-state index is 11.8. The van der Waals surface area contributed by atoms with Gasteiger partial charge in [-0.2, -0.15) is 5.10 Å². The number of phenols is 1. The van der Waals surface area contributed by atoms with E-state index in [0.717, 1.165) is 0 Å². The number of phenolic OH excluding ortho intramolecular Hbond substituents is 1. The van der Waals surface area contributed by atoms with Gasteiger partial charge in [0, 0.05) is 0 Å². The van der Waals surface area contributed by atoms with E-state index < -0.39 is 18.2 Å². The molecule has 136 valence electrons. The molecule has 2 rings (SSSR count). The summed E-state index contributed by atoms with van der Waals surface area (Å²) < 4.78 is 5.62. The number of nitrogens with one attached hydrogen (secondary N) is 2. The third kappa shape index (κ3) is 5.60. The molecule has 0 saturated heterocycles. The van der Waals surface area contributed by atoms with Crippen molar-refractivity contribution in [3.63, 3.8) is 0 Å². The van der Waals surface area contributed by atoms with Crippen LogP contribution in [0.25, 0.3) is 0 Å². The molecule has 0 unspecified atom stereocenters. The lowest BCUT2D eigenvalue weighted by Gasteiger charge is -2.07. The Morgan fingerprint density at radius 2 is 2.04 bits per heavy atom. The monoisotopic (exact) mass is 487 g/mol. The highest BCUT2D eigenvalue weighted by Gasteiger charge is 2.11. The van der Waals surface area contributed by atoms with Gasteiger partial charge in [0.15, 0.2) is 11.5 Å². The Hall–Kier alpha value is -2.33. The highest BCUT2D eigenvalue weighted by Crippen LogP contribution is 2.31. The second-order valence-electron chi connectivity index (χ2n) is 5.05. The SMILES string of the molecule is COc1cc(/C=N/NC(=O)CC(=O)Nc2ccccc2Cl)cc(I)c1O. The van der Waals surface area contributed by atoms with E-state index in [1.165, 1.54) is 13.3 Å². The molecule has 0 spiro atoms. The van der Waals surface area contributed by atoms with Crippen molar-refractivity contribution in [3.8, 4) is 11.5 Å². The van der Waals surface area contributed by atoms with Crippen LogP contribution in [0.2, 0.25) is 5.02 Å². The highest BCUT2D eigenvalue weighted by molar-refractivity contribution is 14.1. The Morgan fingerprint density at radius 1 is 1.31 bits per heavy atom. The Labute approximate surface area is 168 Å². The molecule has 0 saturated carbocycles. The normalized spacial score (nSPS) is 10.6. The van der Waals surface area contributed by atoms with Gasteiger partial charge in [-0.1, -0.05) is 23.7 Å². The Kier molecular flexibility index (Phi) is 7.22. The smallest absolute Gasteiger partial charge is 0.249 e. The molecule has 0 radical (unpaired) electrons. The van der Waals surface area contributed by atoms with Crippen molar-refractivity contribution in [3.05, 3.63) is 50.6 Å². The number of para-hydroxylation sites is 1. The van der Waals surface area contributed by atoms with Gasteiger partial charge < -0.3 is 15.2 Å². The summed E-state index contributed by atoms with van der Waals surface area (Å²) in [5, 5.41) is 16.5. The van der Waals surface area contributed by atoms with Crippen LogP contribution in [0.4, 0.5) is 5.69 Å². The zero-order chi connectivity index (χ0) is 19.1. The second kappa shape index (κ2) is 9.39. The van der Waals surface area contributed by atoms with E-state index >= 15 is 0 Å². The van der Waals surface area contributed by atoms with Crippen molar-refractivity contribution in [1.82, 2.24) is 5.43 Å². The number of aromatic hydroxyl groups is 1. The molecule has 2 aromatic carbocycles. The second-order valence-corrected chi connectivity index (χ2v) is 6.62. The van der Waals surface area contributed by atoms with Gasteiger partial charge in [-0.3, -0.25) is 9.59 Å². The van der Waals surface area contributed by atoms with Crippen LogP contribution in [-0.4, -0.2) is 30.2 Å². The van der Waals surface area contributed by atoms with Gasteiger partial charge in [0.05, 0.1) is 27.6 Å². The molecule has 9 heteroatoms. The van der Waals surface area contributed by atoms with Crippen LogP contribution in [-0.2, 0) is 9.59 Å². The number of halogens is 2. The fourth-order valence-electron chi connectivity index (χ4n) is 1.95. The minimum absolute atomic E-state index is 0.0329. The number of ether oxygens (including phenoxy) is 1. The van der Waals surface area contributed by atoms with E-state index in [0.29, 0.717) is 25.6 Å². The summed E-state index contributed by atoms with van der Waals surface area (Å²) in [6.07, 6.45) is 0.979. The maximum absolute atomic E-state index is 11.8. The summed E-state index contributed by atoms with van der Waals surface area (Å²) in [6, 6.07) is 9.96. The topological polar surface area (TPSA) is 100 Å². The van der Waals surface area contributed by atoms with Gasteiger partial charge in [0.1, 0.15) is 6.42 Å². The average molecular weight is 488 g/mol. The van der Waals surface area contributed by atoms with Crippen molar-refractivity contribution < 1.29 is 19.4 Å². The Bertz CT molecular complexity index is 858. The number of hydrazone groups is 1. The van der Waals surface area contributed by atoms with E-state index in [2.05, 4.69) is 15.8 Å². The molecule has 3 N–H and O–H groups in total. The summed E-state index contributed by atoms with van der Waals surface area (Å²) in [5.41, 5.74) is 3.31. The fourth-order valence-corrected chi connectivity index (χ4v) is 2.75. The lowest BCUT2D eigenvalue weighted by Crippen LogP contribution is -2.24. The van der Waals surface area contributed by atoms with Gasteiger partial charge >= 0.3 is 0 Å². The average Bonchev–Trinajstić information content (AvgIpc) is 2.59. The first-order chi connectivity index (χ1) is 12.4. The van der Waals surface area contributed by atoms with Crippen molar-refractivity contribution in [2.75, 3.05) is 12.4 Å². The summed E-state index contributed by atoms with van der Waals surface area (Å²) in [6.45, 7) is 0. The number of rotatable bonds is 6. The zero-order valence-electron chi connectivity index (χ0n) is 13.6. The van der Waals surface area contributed by atoms with E-state index in [9.17, 15) is 14.7 Å². The van der Waals surface area contributed by atoms with Crippen molar-refractivity contribution in [2.24, 2.45) is 5.10 Å². The van der Waals surface area contributed by atoms with Crippen LogP contribution >= 0.6 is 34.2 Å². The van der Waals surface area contributed by atoms with Crippen LogP contribution < -0.4 is 15.5 Å². The van der Waals surface area contributed by atoms with Crippen LogP contribution in [0.1, 0.15) is 12.0 Å². The third-order valence-electron chi connectivity index (χ3n) is 3.14. The van der Waals surface area contributed by atoms with Gasteiger partial charge in [0.25, 0.3) is 0 Å². The maximum Gasteiger partial charge on any atom is 0.249 e. The molecule has 0 aliphatic heterocycles. The summed E-state index contributed by atoms with van der Waals surface area (Å²) in [5.74, 6) is -0.757. The number of carbonyl (C=O) groups is 2. The largest absolute Gasteiger partial charge is 0.504 e. The van der Waals surface area contributed by atoms with Crippen LogP contribution in [0.15, 0.2) is 41.5 Å². The van der Waals surface area contributed by atoms with Gasteiger partial charge in [-0.15, -0.1) is 0 Å². The Morgan fingerprint density at radius 3 is 2.73 bits per heavy atom. The highest BCUT2D eigenvalue weighted by atomic mass is 127. The molecule has 2 aromatic rings. The zero-order valence-corrected chi connectivity index (χ0v) is 16.5. The standard InChI is InChI=1S/C17H15ClIN3O4/c1-26-14-7-10(6-12(19)17(14)25)9-20-22-16(24)8-15(23)21-13-5-3-2-4-11(13)18/h2-7,9,25H,8H2,1H3,(H,21,23)(H,22,24)/b20-9+. The molecule has 0 aromatic heterocycles. The number of methoxy groups -OCH3 is 1. The number of hydrogen-bond donors (Lipinski definition) is 3. The predicted octanol–water partition coefficient (Wildman–Crippen LogP) is 3.14. The Balaban J connectivity index is 1.90. The van der Waals surface area contributed by atoms with E-state index in [-0.39, 0.29) is 5.75 Å². The summed E-state index contributed by atoms with van der Waals surface area (Å²) in [4.78, 5) is 23.6. The fraction of sp³-hybridized carbons (Fsp3) is 0.118. The van der Waals surface area contributed by atoms with Crippen molar-refractivity contribution in [1.29, 1.82) is 0 Å². The van der Waals surface area contributed by atoms with Crippen LogP contribution in [0.5, 0.6) is 11.5 Å². The molecular formula is C17H15ClIN3O4. The quantitative estimate of drug-likeness (QED) is 0.252. The molecule has 0 bridgehead atoms. The molecule has 0 atom stereocenters. The molecule has 0 aliphatic carbocycles.